The molecule has 4 aromatic heterocycles. The molecule has 0 bridgehead atoms. The zero-order chi connectivity index (χ0) is 30.3. The van der Waals surface area contributed by atoms with Gasteiger partial charge in [0.25, 0.3) is 0 Å². The number of imidazole rings is 1. The summed E-state index contributed by atoms with van der Waals surface area (Å²) in [5.41, 5.74) is 6.87. The SMILES string of the molecule is COC(=O)c1ccc2nc(CN3CCC(c4cccc(OCc5ccc6cc(C7CC7)nn6c5)n4)CC3)n(C[C@@H]3CCO3)c2c1. The third kappa shape index (κ3) is 5.92. The van der Waals surface area contributed by atoms with E-state index in [1.54, 1.807) is 6.07 Å². The van der Waals surface area contributed by atoms with Crippen LogP contribution in [0.5, 0.6) is 5.88 Å². The first-order chi connectivity index (χ1) is 22.1. The Kier molecular flexibility index (Phi) is 7.46. The summed E-state index contributed by atoms with van der Waals surface area (Å²) in [4.78, 5) is 24.6. The minimum atomic E-state index is -0.339. The van der Waals surface area contributed by atoms with Gasteiger partial charge in [0, 0.05) is 42.0 Å². The van der Waals surface area contributed by atoms with E-state index in [1.165, 1.54) is 25.6 Å². The van der Waals surface area contributed by atoms with E-state index in [4.69, 9.17) is 29.3 Å². The quantitative estimate of drug-likeness (QED) is 0.193. The molecule has 3 fully saturated rings. The molecule has 5 aromatic rings. The predicted molar refractivity (Wildman–Crippen MR) is 168 cm³/mol. The average molecular weight is 607 g/mol. The predicted octanol–water partition coefficient (Wildman–Crippen LogP) is 5.49. The van der Waals surface area contributed by atoms with Crippen LogP contribution in [0, 0.1) is 0 Å². The summed E-state index contributed by atoms with van der Waals surface area (Å²) in [6.07, 6.45) is 7.83. The maximum atomic E-state index is 12.2. The summed E-state index contributed by atoms with van der Waals surface area (Å²) in [7, 11) is 1.41. The van der Waals surface area contributed by atoms with Crippen molar-refractivity contribution >= 4 is 22.5 Å². The summed E-state index contributed by atoms with van der Waals surface area (Å²) in [6, 6.07) is 18.1. The van der Waals surface area contributed by atoms with Crippen molar-refractivity contribution in [3.05, 3.63) is 89.1 Å². The maximum Gasteiger partial charge on any atom is 0.337 e. The van der Waals surface area contributed by atoms with Crippen molar-refractivity contribution in [2.24, 2.45) is 0 Å². The van der Waals surface area contributed by atoms with E-state index >= 15 is 0 Å². The second kappa shape index (κ2) is 11.9. The normalized spacial score (nSPS) is 19.2. The first-order valence-corrected chi connectivity index (χ1v) is 16.1. The van der Waals surface area contributed by atoms with Crippen LogP contribution in [0.3, 0.4) is 0 Å². The molecule has 2 saturated heterocycles. The van der Waals surface area contributed by atoms with Crippen molar-refractivity contribution in [3.8, 4) is 5.88 Å². The van der Waals surface area contributed by atoms with Gasteiger partial charge in [-0.3, -0.25) is 4.90 Å². The van der Waals surface area contributed by atoms with Gasteiger partial charge in [-0.1, -0.05) is 12.1 Å². The lowest BCUT2D eigenvalue weighted by Gasteiger charge is -2.32. The lowest BCUT2D eigenvalue weighted by Crippen LogP contribution is -2.35. The Labute approximate surface area is 261 Å². The van der Waals surface area contributed by atoms with Gasteiger partial charge in [-0.15, -0.1) is 0 Å². The number of carbonyl (C=O) groups excluding carboxylic acids is 1. The Morgan fingerprint density at radius 2 is 1.80 bits per heavy atom. The number of esters is 1. The zero-order valence-electron chi connectivity index (χ0n) is 25.6. The smallest absolute Gasteiger partial charge is 0.337 e. The molecule has 8 rings (SSSR count). The Morgan fingerprint density at radius 3 is 2.58 bits per heavy atom. The second-order valence-electron chi connectivity index (χ2n) is 12.6. The minimum absolute atomic E-state index is 0.183. The monoisotopic (exact) mass is 606 g/mol. The van der Waals surface area contributed by atoms with E-state index in [0.29, 0.717) is 29.9 Å². The number of aromatic nitrogens is 5. The number of hydrogen-bond acceptors (Lipinski definition) is 8. The molecule has 2 aliphatic heterocycles. The van der Waals surface area contributed by atoms with Gasteiger partial charge in [-0.25, -0.2) is 19.3 Å². The lowest BCUT2D eigenvalue weighted by atomic mass is 9.93. The number of piperidine rings is 1. The molecule has 6 heterocycles. The van der Waals surface area contributed by atoms with Crippen LogP contribution in [0.1, 0.15) is 77.1 Å². The first-order valence-electron chi connectivity index (χ1n) is 16.1. The molecule has 45 heavy (non-hydrogen) atoms. The third-order valence-electron chi connectivity index (χ3n) is 9.47. The first kappa shape index (κ1) is 28.2. The van der Waals surface area contributed by atoms with Crippen molar-refractivity contribution in [1.29, 1.82) is 0 Å². The number of fused-ring (bicyclic) bond motifs is 2. The molecule has 0 amide bonds. The van der Waals surface area contributed by atoms with Crippen LogP contribution in [0.25, 0.3) is 16.6 Å². The number of carbonyl (C=O) groups is 1. The number of benzene rings is 1. The van der Waals surface area contributed by atoms with E-state index in [0.717, 1.165) is 85.7 Å². The van der Waals surface area contributed by atoms with E-state index in [-0.39, 0.29) is 12.1 Å². The molecule has 1 aliphatic carbocycles. The van der Waals surface area contributed by atoms with Crippen LogP contribution in [-0.2, 0) is 29.2 Å². The number of rotatable bonds is 10. The van der Waals surface area contributed by atoms with Crippen molar-refractivity contribution in [2.45, 2.75) is 69.7 Å². The zero-order valence-corrected chi connectivity index (χ0v) is 25.6. The molecular weight excluding hydrogens is 568 g/mol. The highest BCUT2D eigenvalue weighted by molar-refractivity contribution is 5.93. The van der Waals surface area contributed by atoms with Crippen LogP contribution in [-0.4, -0.2) is 67.9 Å². The molecule has 1 atom stereocenters. The number of nitrogens with zero attached hydrogens (tertiary/aromatic N) is 6. The molecule has 1 saturated carbocycles. The third-order valence-corrected chi connectivity index (χ3v) is 9.47. The van der Waals surface area contributed by atoms with Gasteiger partial charge in [0.1, 0.15) is 12.4 Å². The minimum Gasteiger partial charge on any atom is -0.473 e. The van der Waals surface area contributed by atoms with E-state index in [1.807, 2.05) is 22.7 Å². The van der Waals surface area contributed by atoms with Gasteiger partial charge in [0.2, 0.25) is 5.88 Å². The fraction of sp³-hybridized carbons (Fsp3) is 0.429. The van der Waals surface area contributed by atoms with Crippen molar-refractivity contribution in [2.75, 3.05) is 26.8 Å². The Bertz CT molecular complexity index is 1850. The lowest BCUT2D eigenvalue weighted by molar-refractivity contribution is -0.0592. The second-order valence-corrected chi connectivity index (χ2v) is 12.6. The van der Waals surface area contributed by atoms with Crippen LogP contribution >= 0.6 is 0 Å². The standard InChI is InChI=1S/C35H38N6O4/c1-43-35(42)26-8-10-30-32(17-26)40(20-28-13-16-44-28)33(36-30)21-39-14-11-25(12-15-39)29-3-2-4-34(37-29)45-22-23-5-9-27-18-31(24-6-7-24)38-41(27)19-23/h2-5,8-10,17-19,24-25,28H,6-7,11-16,20-22H2,1H3/t28-/m0/s1. The van der Waals surface area contributed by atoms with Gasteiger partial charge >= 0.3 is 5.97 Å². The number of likely N-dealkylation sites (tertiary alicyclic amines) is 1. The Morgan fingerprint density at radius 1 is 0.956 bits per heavy atom. The van der Waals surface area contributed by atoms with Crippen LogP contribution in [0.2, 0.25) is 0 Å². The van der Waals surface area contributed by atoms with Crippen LogP contribution in [0.4, 0.5) is 0 Å². The highest BCUT2D eigenvalue weighted by Crippen LogP contribution is 2.39. The summed E-state index contributed by atoms with van der Waals surface area (Å²) in [5.74, 6) is 2.35. The molecule has 0 unspecified atom stereocenters. The number of hydrogen-bond donors (Lipinski definition) is 0. The number of ether oxygens (including phenoxy) is 3. The van der Waals surface area contributed by atoms with Gasteiger partial charge in [0.05, 0.1) is 54.1 Å². The Balaban J connectivity index is 0.910. The summed E-state index contributed by atoms with van der Waals surface area (Å²) < 4.78 is 21.1. The fourth-order valence-electron chi connectivity index (χ4n) is 6.57. The molecule has 10 nitrogen and oxygen atoms in total. The van der Waals surface area contributed by atoms with Gasteiger partial charge < -0.3 is 18.8 Å². The molecule has 0 N–H and O–H groups in total. The maximum absolute atomic E-state index is 12.2. The molecule has 0 radical (unpaired) electrons. The number of pyridine rings is 2. The molecule has 232 valence electrons. The Hall–Kier alpha value is -4.28. The van der Waals surface area contributed by atoms with Crippen LogP contribution in [0.15, 0.2) is 60.8 Å². The van der Waals surface area contributed by atoms with Crippen molar-refractivity contribution in [3.63, 3.8) is 0 Å². The van der Waals surface area contributed by atoms with E-state index < -0.39 is 0 Å². The molecule has 10 heteroatoms. The van der Waals surface area contributed by atoms with E-state index in [2.05, 4.69) is 46.0 Å². The van der Waals surface area contributed by atoms with Crippen molar-refractivity contribution in [1.82, 2.24) is 29.0 Å². The highest BCUT2D eigenvalue weighted by atomic mass is 16.5. The fourth-order valence-corrected chi connectivity index (χ4v) is 6.57. The molecule has 3 aliphatic rings. The number of methoxy groups -OCH3 is 1. The summed E-state index contributed by atoms with van der Waals surface area (Å²) >= 11 is 0. The molecule has 1 aromatic carbocycles. The van der Waals surface area contributed by atoms with Gasteiger partial charge in [0.15, 0.2) is 0 Å². The van der Waals surface area contributed by atoms with E-state index in [9.17, 15) is 4.79 Å². The molecule has 0 spiro atoms. The topological polar surface area (TPSA) is 96.0 Å². The van der Waals surface area contributed by atoms with Crippen molar-refractivity contribution < 1.29 is 19.0 Å². The molecular formula is C35H38N6O4. The summed E-state index contributed by atoms with van der Waals surface area (Å²) in [6.45, 7) is 4.66. The van der Waals surface area contributed by atoms with Crippen LogP contribution < -0.4 is 4.74 Å². The van der Waals surface area contributed by atoms with Gasteiger partial charge in [-0.2, -0.15) is 5.10 Å². The largest absolute Gasteiger partial charge is 0.473 e. The summed E-state index contributed by atoms with van der Waals surface area (Å²) in [5, 5.41) is 4.76. The van der Waals surface area contributed by atoms with Gasteiger partial charge in [-0.05, 0) is 81.6 Å². The highest BCUT2D eigenvalue weighted by Gasteiger charge is 2.27. The average Bonchev–Trinajstić information content (AvgIpc) is 3.73.